The van der Waals surface area contributed by atoms with Crippen LogP contribution in [0, 0.1) is 0 Å². The van der Waals surface area contributed by atoms with E-state index in [2.05, 4.69) is 26.0 Å². The topological polar surface area (TPSA) is 84.5 Å². The molecule has 0 saturated carbocycles. The molecule has 1 amide bonds. The largest absolute Gasteiger partial charge is 0.383 e. The summed E-state index contributed by atoms with van der Waals surface area (Å²) >= 11 is 9.35. The lowest BCUT2D eigenvalue weighted by molar-refractivity contribution is 0.0950. The SMILES string of the molecule is COCCNS(=O)(=O)c1ccc(Br)c(C(=O)NCc2ccccc2Cl)c1. The van der Waals surface area contributed by atoms with Crippen LogP contribution in [0.1, 0.15) is 15.9 Å². The van der Waals surface area contributed by atoms with E-state index in [1.807, 2.05) is 6.07 Å². The molecule has 2 aromatic carbocycles. The number of rotatable bonds is 8. The second-order valence-corrected chi connectivity index (χ2v) is 8.33. The Labute approximate surface area is 166 Å². The number of sulfonamides is 1. The summed E-state index contributed by atoms with van der Waals surface area (Å²) in [6.07, 6.45) is 0. The zero-order valence-electron chi connectivity index (χ0n) is 14.0. The van der Waals surface area contributed by atoms with Crippen molar-refractivity contribution in [3.63, 3.8) is 0 Å². The van der Waals surface area contributed by atoms with Gasteiger partial charge in [0.15, 0.2) is 0 Å². The number of hydrogen-bond acceptors (Lipinski definition) is 4. The van der Waals surface area contributed by atoms with Crippen LogP contribution in [0.3, 0.4) is 0 Å². The number of halogens is 2. The molecule has 0 spiro atoms. The number of methoxy groups -OCH3 is 1. The Balaban J connectivity index is 2.16. The standard InChI is InChI=1S/C17H18BrClN2O4S/c1-25-9-8-21-26(23,24)13-6-7-15(18)14(10-13)17(22)20-11-12-4-2-3-5-16(12)19/h2-7,10,21H,8-9,11H2,1H3,(H,20,22). The number of amides is 1. The van der Waals surface area contributed by atoms with Gasteiger partial charge in [0.25, 0.3) is 5.91 Å². The Hall–Kier alpha value is -1.45. The van der Waals surface area contributed by atoms with Crippen LogP contribution in [0.25, 0.3) is 0 Å². The van der Waals surface area contributed by atoms with Crippen molar-refractivity contribution in [2.45, 2.75) is 11.4 Å². The molecule has 6 nitrogen and oxygen atoms in total. The van der Waals surface area contributed by atoms with Crippen LogP contribution in [0.15, 0.2) is 51.8 Å². The molecule has 0 radical (unpaired) electrons. The van der Waals surface area contributed by atoms with Gasteiger partial charge < -0.3 is 10.1 Å². The second-order valence-electron chi connectivity index (χ2n) is 5.31. The molecule has 0 fully saturated rings. The minimum atomic E-state index is -3.73. The number of hydrogen-bond donors (Lipinski definition) is 2. The fourth-order valence-electron chi connectivity index (χ4n) is 2.12. The zero-order valence-corrected chi connectivity index (χ0v) is 17.1. The molecule has 0 aromatic heterocycles. The first-order valence-electron chi connectivity index (χ1n) is 7.65. The Morgan fingerprint density at radius 3 is 2.65 bits per heavy atom. The lowest BCUT2D eigenvalue weighted by atomic mass is 10.2. The summed E-state index contributed by atoms with van der Waals surface area (Å²) in [5, 5.41) is 3.29. The maximum atomic E-state index is 12.5. The van der Waals surface area contributed by atoms with Crippen molar-refractivity contribution >= 4 is 43.5 Å². The number of benzene rings is 2. The monoisotopic (exact) mass is 460 g/mol. The van der Waals surface area contributed by atoms with Crippen LogP contribution in [0.5, 0.6) is 0 Å². The summed E-state index contributed by atoms with van der Waals surface area (Å²) in [5.74, 6) is -0.411. The van der Waals surface area contributed by atoms with E-state index in [1.54, 1.807) is 18.2 Å². The molecule has 0 atom stereocenters. The highest BCUT2D eigenvalue weighted by Crippen LogP contribution is 2.21. The van der Waals surface area contributed by atoms with E-state index in [1.165, 1.54) is 25.3 Å². The predicted molar refractivity (Wildman–Crippen MR) is 104 cm³/mol. The third-order valence-corrected chi connectivity index (χ3v) is 6.01. The Morgan fingerprint density at radius 1 is 1.23 bits per heavy atom. The second kappa shape index (κ2) is 9.48. The molecular weight excluding hydrogens is 444 g/mol. The van der Waals surface area contributed by atoms with Gasteiger partial charge in [-0.1, -0.05) is 29.8 Å². The average molecular weight is 462 g/mol. The van der Waals surface area contributed by atoms with E-state index >= 15 is 0 Å². The van der Waals surface area contributed by atoms with E-state index in [4.69, 9.17) is 16.3 Å². The number of nitrogens with one attached hydrogen (secondary N) is 2. The number of ether oxygens (including phenoxy) is 1. The molecule has 0 unspecified atom stereocenters. The molecule has 0 saturated heterocycles. The van der Waals surface area contributed by atoms with Gasteiger partial charge >= 0.3 is 0 Å². The molecule has 0 bridgehead atoms. The molecule has 26 heavy (non-hydrogen) atoms. The van der Waals surface area contributed by atoms with Gasteiger partial charge in [0.05, 0.1) is 17.1 Å². The van der Waals surface area contributed by atoms with E-state index in [0.717, 1.165) is 5.56 Å². The Morgan fingerprint density at radius 2 is 1.96 bits per heavy atom. The summed E-state index contributed by atoms with van der Waals surface area (Å²) in [7, 11) is -2.25. The van der Waals surface area contributed by atoms with Crippen LogP contribution < -0.4 is 10.0 Å². The highest BCUT2D eigenvalue weighted by atomic mass is 79.9. The van der Waals surface area contributed by atoms with Crippen LogP contribution in [0.2, 0.25) is 5.02 Å². The van der Waals surface area contributed by atoms with Gasteiger partial charge in [0, 0.05) is 29.7 Å². The van der Waals surface area contributed by atoms with Gasteiger partial charge in [-0.15, -0.1) is 0 Å². The molecule has 2 aromatic rings. The van der Waals surface area contributed by atoms with E-state index in [0.29, 0.717) is 9.50 Å². The summed E-state index contributed by atoms with van der Waals surface area (Å²) < 4.78 is 32.3. The van der Waals surface area contributed by atoms with Crippen molar-refractivity contribution in [2.75, 3.05) is 20.3 Å². The summed E-state index contributed by atoms with van der Waals surface area (Å²) in [5.41, 5.74) is 0.982. The third kappa shape index (κ3) is 5.52. The zero-order chi connectivity index (χ0) is 19.2. The van der Waals surface area contributed by atoms with Gasteiger partial charge in [-0.25, -0.2) is 13.1 Å². The van der Waals surface area contributed by atoms with Crippen LogP contribution in [0.4, 0.5) is 0 Å². The van der Waals surface area contributed by atoms with Crippen LogP contribution in [-0.2, 0) is 21.3 Å². The molecule has 0 aliphatic carbocycles. The summed E-state index contributed by atoms with van der Waals surface area (Å²) in [4.78, 5) is 12.5. The van der Waals surface area contributed by atoms with Gasteiger partial charge in [-0.2, -0.15) is 0 Å². The molecule has 0 heterocycles. The fraction of sp³-hybridized carbons (Fsp3) is 0.235. The highest BCUT2D eigenvalue weighted by molar-refractivity contribution is 9.10. The molecule has 9 heteroatoms. The van der Waals surface area contributed by atoms with Crippen molar-refractivity contribution in [2.24, 2.45) is 0 Å². The van der Waals surface area contributed by atoms with E-state index in [9.17, 15) is 13.2 Å². The summed E-state index contributed by atoms with van der Waals surface area (Å²) in [6.45, 7) is 0.623. The fourth-order valence-corrected chi connectivity index (χ4v) is 3.79. The number of carbonyl (C=O) groups is 1. The summed E-state index contributed by atoms with van der Waals surface area (Å²) in [6, 6.07) is 11.4. The minimum Gasteiger partial charge on any atom is -0.383 e. The quantitative estimate of drug-likeness (QED) is 0.592. The first-order valence-corrected chi connectivity index (χ1v) is 10.3. The Bertz CT molecular complexity index is 890. The maximum absolute atomic E-state index is 12.5. The maximum Gasteiger partial charge on any atom is 0.252 e. The van der Waals surface area contributed by atoms with Crippen molar-refractivity contribution < 1.29 is 17.9 Å². The Kier molecular flexibility index (Phi) is 7.60. The van der Waals surface area contributed by atoms with Gasteiger partial charge in [0.2, 0.25) is 10.0 Å². The van der Waals surface area contributed by atoms with E-state index in [-0.39, 0.29) is 30.2 Å². The minimum absolute atomic E-state index is 0.000281. The highest BCUT2D eigenvalue weighted by Gasteiger charge is 2.18. The van der Waals surface area contributed by atoms with Gasteiger partial charge in [-0.05, 0) is 45.8 Å². The lowest BCUT2D eigenvalue weighted by Crippen LogP contribution is -2.28. The lowest BCUT2D eigenvalue weighted by Gasteiger charge is -2.11. The van der Waals surface area contributed by atoms with Gasteiger partial charge in [-0.3, -0.25) is 4.79 Å². The first kappa shape index (κ1) is 20.9. The van der Waals surface area contributed by atoms with Crippen molar-refractivity contribution in [3.05, 3.63) is 63.1 Å². The van der Waals surface area contributed by atoms with Crippen LogP contribution >= 0.6 is 27.5 Å². The molecule has 0 aliphatic rings. The molecular formula is C17H18BrClN2O4S. The smallest absolute Gasteiger partial charge is 0.252 e. The molecule has 0 aliphatic heterocycles. The van der Waals surface area contributed by atoms with Crippen molar-refractivity contribution in [1.82, 2.24) is 10.0 Å². The molecule has 2 N–H and O–H groups in total. The molecule has 140 valence electrons. The molecule has 2 rings (SSSR count). The van der Waals surface area contributed by atoms with Crippen molar-refractivity contribution in [3.8, 4) is 0 Å². The normalized spacial score (nSPS) is 11.3. The average Bonchev–Trinajstić information content (AvgIpc) is 2.61. The van der Waals surface area contributed by atoms with Gasteiger partial charge in [0.1, 0.15) is 0 Å². The third-order valence-electron chi connectivity index (χ3n) is 3.49. The van der Waals surface area contributed by atoms with Crippen LogP contribution in [-0.4, -0.2) is 34.6 Å². The number of carbonyl (C=O) groups excluding carboxylic acids is 1. The first-order chi connectivity index (χ1) is 12.3. The van der Waals surface area contributed by atoms with E-state index < -0.39 is 15.9 Å². The van der Waals surface area contributed by atoms with Crippen molar-refractivity contribution in [1.29, 1.82) is 0 Å². The predicted octanol–water partition coefficient (Wildman–Crippen LogP) is 2.96.